The van der Waals surface area contributed by atoms with Gasteiger partial charge in [0.1, 0.15) is 11.5 Å². The van der Waals surface area contributed by atoms with Crippen molar-refractivity contribution in [1.29, 1.82) is 0 Å². The van der Waals surface area contributed by atoms with Gasteiger partial charge in [-0.25, -0.2) is 0 Å². The fourth-order valence-electron chi connectivity index (χ4n) is 4.69. The third-order valence-corrected chi connectivity index (χ3v) is 6.42. The van der Waals surface area contributed by atoms with Crippen LogP contribution < -0.4 is 9.47 Å². The lowest BCUT2D eigenvalue weighted by Crippen LogP contribution is -2.45. The smallest absolute Gasteiger partial charge is 0.294 e. The van der Waals surface area contributed by atoms with Crippen LogP contribution >= 0.6 is 0 Å². The lowest BCUT2D eigenvalue weighted by atomic mass is 9.89. The summed E-state index contributed by atoms with van der Waals surface area (Å²) in [7, 11) is 0. The molecular formula is C29H30O2. The van der Waals surface area contributed by atoms with Gasteiger partial charge in [0.15, 0.2) is 0 Å². The number of benzene rings is 3. The van der Waals surface area contributed by atoms with Gasteiger partial charge in [-0.05, 0) is 47.9 Å². The van der Waals surface area contributed by atoms with E-state index in [2.05, 4.69) is 67.6 Å². The molecule has 0 bridgehead atoms. The van der Waals surface area contributed by atoms with Crippen LogP contribution in [0.5, 0.6) is 11.5 Å². The molecule has 0 aliphatic carbocycles. The van der Waals surface area contributed by atoms with Crippen LogP contribution in [-0.4, -0.2) is 5.79 Å². The van der Waals surface area contributed by atoms with E-state index in [1.165, 1.54) is 54.0 Å². The Bertz CT molecular complexity index is 1140. The minimum Gasteiger partial charge on any atom is -0.444 e. The van der Waals surface area contributed by atoms with E-state index in [1.54, 1.807) is 0 Å². The molecule has 0 radical (unpaired) electrons. The highest BCUT2D eigenvalue weighted by Crippen LogP contribution is 2.45. The Morgan fingerprint density at radius 2 is 1.52 bits per heavy atom. The summed E-state index contributed by atoms with van der Waals surface area (Å²) in [5.41, 5.74) is 3.47. The zero-order valence-electron chi connectivity index (χ0n) is 18.3. The quantitative estimate of drug-likeness (QED) is 0.366. The molecule has 3 aromatic rings. The maximum atomic E-state index is 6.66. The van der Waals surface area contributed by atoms with Crippen LogP contribution in [0.15, 0.2) is 72.3 Å². The topological polar surface area (TPSA) is 18.5 Å². The molecule has 31 heavy (non-hydrogen) atoms. The van der Waals surface area contributed by atoms with Gasteiger partial charge in [0.2, 0.25) is 0 Å². The molecule has 1 spiro atoms. The summed E-state index contributed by atoms with van der Waals surface area (Å²) in [6.45, 7) is 2.26. The second-order valence-corrected chi connectivity index (χ2v) is 8.63. The fraction of sp³-hybridized carbons (Fsp3) is 0.310. The molecule has 0 saturated heterocycles. The van der Waals surface area contributed by atoms with Gasteiger partial charge in [0.05, 0.1) is 0 Å². The Morgan fingerprint density at radius 3 is 2.45 bits per heavy atom. The Labute approximate surface area is 185 Å². The van der Waals surface area contributed by atoms with E-state index in [-0.39, 0.29) is 0 Å². The van der Waals surface area contributed by atoms with Gasteiger partial charge in [0, 0.05) is 22.8 Å². The third-order valence-electron chi connectivity index (χ3n) is 6.42. The second kappa shape index (κ2) is 8.63. The van der Waals surface area contributed by atoms with Crippen molar-refractivity contribution in [3.63, 3.8) is 0 Å². The van der Waals surface area contributed by atoms with Gasteiger partial charge in [-0.2, -0.15) is 0 Å². The lowest BCUT2D eigenvalue weighted by molar-refractivity contribution is -0.0437. The third kappa shape index (κ3) is 3.87. The van der Waals surface area contributed by atoms with Crippen molar-refractivity contribution in [2.75, 3.05) is 0 Å². The van der Waals surface area contributed by atoms with Crippen molar-refractivity contribution in [3.8, 4) is 11.5 Å². The van der Waals surface area contributed by atoms with Gasteiger partial charge < -0.3 is 9.47 Å². The van der Waals surface area contributed by atoms with Gasteiger partial charge in [0.25, 0.3) is 5.79 Å². The predicted octanol–water partition coefficient (Wildman–Crippen LogP) is 8.17. The highest BCUT2D eigenvalue weighted by atomic mass is 16.7. The summed E-state index contributed by atoms with van der Waals surface area (Å²) < 4.78 is 13.2. The van der Waals surface area contributed by atoms with E-state index in [0.717, 1.165) is 29.9 Å². The maximum Gasteiger partial charge on any atom is 0.294 e. The number of unbranched alkanes of at least 4 members (excludes halogenated alkanes) is 5. The van der Waals surface area contributed by atoms with Crippen LogP contribution in [0.1, 0.15) is 63.0 Å². The van der Waals surface area contributed by atoms with Crippen LogP contribution in [-0.2, 0) is 0 Å². The average molecular weight is 411 g/mol. The Morgan fingerprint density at radius 1 is 0.742 bits per heavy atom. The van der Waals surface area contributed by atoms with Crippen molar-refractivity contribution in [2.45, 2.75) is 57.7 Å². The molecule has 0 aromatic heterocycles. The van der Waals surface area contributed by atoms with E-state index >= 15 is 0 Å². The molecule has 2 aliphatic rings. The Balaban J connectivity index is 1.49. The molecule has 2 heterocycles. The number of para-hydroxylation sites is 1. The molecule has 5 rings (SSSR count). The molecule has 0 saturated carbocycles. The first-order valence-electron chi connectivity index (χ1n) is 11.7. The SMILES string of the molecule is CCCCCCCCC1=Cc2c(ccc3ccccc23)OC12C=Cc1ccccc1O2. The zero-order chi connectivity index (χ0) is 21.1. The number of ether oxygens (including phenoxy) is 2. The Hall–Kier alpha value is -3.00. The van der Waals surface area contributed by atoms with Crippen LogP contribution in [0, 0.1) is 0 Å². The van der Waals surface area contributed by atoms with E-state index in [1.807, 2.05) is 18.2 Å². The standard InChI is InChI=1S/C29H30O2/c1-2-3-4-5-6-7-14-24-21-26-25-15-10-8-12-22(25)17-18-28(26)31-29(24)20-19-23-13-9-11-16-27(23)30-29/h8-13,15-21H,2-7,14H2,1H3. The average Bonchev–Trinajstić information content (AvgIpc) is 2.81. The summed E-state index contributed by atoms with van der Waals surface area (Å²) in [5.74, 6) is 0.908. The zero-order valence-corrected chi connectivity index (χ0v) is 18.3. The lowest BCUT2D eigenvalue weighted by Gasteiger charge is -2.40. The number of hydrogen-bond acceptors (Lipinski definition) is 2. The number of fused-ring (bicyclic) bond motifs is 4. The molecule has 0 N–H and O–H groups in total. The van der Waals surface area contributed by atoms with Crippen LogP contribution in [0.2, 0.25) is 0 Å². The van der Waals surface area contributed by atoms with Crippen molar-refractivity contribution in [3.05, 3.63) is 83.4 Å². The normalized spacial score (nSPS) is 18.8. The molecule has 2 heteroatoms. The molecule has 2 aliphatic heterocycles. The predicted molar refractivity (Wildman–Crippen MR) is 129 cm³/mol. The first-order valence-corrected chi connectivity index (χ1v) is 11.7. The molecule has 158 valence electrons. The molecule has 0 fully saturated rings. The summed E-state index contributed by atoms with van der Waals surface area (Å²) >= 11 is 0. The summed E-state index contributed by atoms with van der Waals surface area (Å²) in [5, 5.41) is 2.47. The van der Waals surface area contributed by atoms with Crippen molar-refractivity contribution >= 4 is 22.9 Å². The van der Waals surface area contributed by atoms with E-state index in [0.29, 0.717) is 0 Å². The monoisotopic (exact) mass is 410 g/mol. The van der Waals surface area contributed by atoms with Crippen molar-refractivity contribution in [2.24, 2.45) is 0 Å². The van der Waals surface area contributed by atoms with Crippen LogP contribution in [0.4, 0.5) is 0 Å². The molecule has 1 unspecified atom stereocenters. The van der Waals surface area contributed by atoms with Crippen LogP contribution in [0.25, 0.3) is 22.9 Å². The van der Waals surface area contributed by atoms with Gasteiger partial charge in [-0.1, -0.05) is 87.6 Å². The molecular weight excluding hydrogens is 380 g/mol. The van der Waals surface area contributed by atoms with Crippen molar-refractivity contribution in [1.82, 2.24) is 0 Å². The Kier molecular flexibility index (Phi) is 5.55. The van der Waals surface area contributed by atoms with E-state index in [9.17, 15) is 0 Å². The molecule has 1 atom stereocenters. The molecule has 3 aromatic carbocycles. The molecule has 2 nitrogen and oxygen atoms in total. The highest BCUT2D eigenvalue weighted by Gasteiger charge is 2.42. The second-order valence-electron chi connectivity index (χ2n) is 8.63. The summed E-state index contributed by atoms with van der Waals surface area (Å²) in [4.78, 5) is 0. The van der Waals surface area contributed by atoms with Gasteiger partial charge >= 0.3 is 0 Å². The number of hydrogen-bond donors (Lipinski definition) is 0. The number of rotatable bonds is 7. The van der Waals surface area contributed by atoms with E-state index < -0.39 is 5.79 Å². The maximum absolute atomic E-state index is 6.66. The first-order chi connectivity index (χ1) is 15.3. The highest BCUT2D eigenvalue weighted by molar-refractivity contribution is 5.94. The fourth-order valence-corrected chi connectivity index (χ4v) is 4.69. The minimum atomic E-state index is -0.854. The summed E-state index contributed by atoms with van der Waals surface area (Å²) in [6.07, 6.45) is 15.2. The van der Waals surface area contributed by atoms with E-state index in [4.69, 9.17) is 9.47 Å². The minimum absolute atomic E-state index is 0.854. The van der Waals surface area contributed by atoms with Crippen molar-refractivity contribution < 1.29 is 9.47 Å². The van der Waals surface area contributed by atoms with Crippen LogP contribution in [0.3, 0.4) is 0 Å². The molecule has 0 amide bonds. The van der Waals surface area contributed by atoms with Gasteiger partial charge in [-0.15, -0.1) is 0 Å². The van der Waals surface area contributed by atoms with Gasteiger partial charge in [-0.3, -0.25) is 0 Å². The summed E-state index contributed by atoms with van der Waals surface area (Å²) in [6, 6.07) is 20.9. The first kappa shape index (κ1) is 19.9. The largest absolute Gasteiger partial charge is 0.444 e.